The molecule has 0 aromatic heterocycles. The highest BCUT2D eigenvalue weighted by Crippen LogP contribution is 2.16. The predicted octanol–water partition coefficient (Wildman–Crippen LogP) is 2.23. The number of likely N-dealkylation sites (tertiary alicyclic amines) is 1. The average molecular weight is 361 g/mol. The number of nitrogens with one attached hydrogen (secondary N) is 1. The van der Waals surface area contributed by atoms with Crippen molar-refractivity contribution in [3.05, 3.63) is 35.9 Å². The first-order valence-electron chi connectivity index (χ1n) is 9.55. The van der Waals surface area contributed by atoms with Crippen LogP contribution in [0.5, 0.6) is 0 Å². The Morgan fingerprint density at radius 1 is 1.23 bits per heavy atom. The molecule has 1 aliphatic heterocycles. The highest BCUT2D eigenvalue weighted by atomic mass is 16.3. The molecule has 1 aromatic carbocycles. The third-order valence-corrected chi connectivity index (χ3v) is 4.84. The molecule has 1 heterocycles. The van der Waals surface area contributed by atoms with E-state index in [-0.39, 0.29) is 18.5 Å². The third kappa shape index (κ3) is 6.67. The van der Waals surface area contributed by atoms with Gasteiger partial charge in [-0.1, -0.05) is 37.3 Å². The standard InChI is InChI=1S/C20H31N3O3/c1-17-9-13-22(14-10-17)19(25)8-11-21-20(26)23(12-5-15-24)16-18-6-3-2-4-7-18/h2-4,6-7,17,24H,5,8-16H2,1H3,(H,21,26). The molecule has 1 fully saturated rings. The number of amides is 3. The number of carbonyl (C=O) groups is 2. The molecule has 1 saturated heterocycles. The van der Waals surface area contributed by atoms with Crippen LogP contribution < -0.4 is 5.32 Å². The number of nitrogens with zero attached hydrogens (tertiary/aromatic N) is 2. The van der Waals surface area contributed by atoms with E-state index in [9.17, 15) is 9.59 Å². The Bertz CT molecular complexity index is 557. The van der Waals surface area contributed by atoms with Crippen LogP contribution in [0, 0.1) is 5.92 Å². The topological polar surface area (TPSA) is 72.9 Å². The smallest absolute Gasteiger partial charge is 0.317 e. The van der Waals surface area contributed by atoms with E-state index in [2.05, 4.69) is 12.2 Å². The second kappa shape index (κ2) is 10.8. The second-order valence-electron chi connectivity index (χ2n) is 7.03. The molecule has 2 rings (SSSR count). The highest BCUT2D eigenvalue weighted by Gasteiger charge is 2.20. The Morgan fingerprint density at radius 3 is 2.58 bits per heavy atom. The third-order valence-electron chi connectivity index (χ3n) is 4.84. The monoisotopic (exact) mass is 361 g/mol. The van der Waals surface area contributed by atoms with Gasteiger partial charge in [0.1, 0.15) is 0 Å². The van der Waals surface area contributed by atoms with Gasteiger partial charge in [0.2, 0.25) is 5.91 Å². The molecular weight excluding hydrogens is 330 g/mol. The van der Waals surface area contributed by atoms with E-state index in [1.165, 1.54) is 0 Å². The fourth-order valence-electron chi connectivity index (χ4n) is 3.12. The van der Waals surface area contributed by atoms with Crippen LogP contribution >= 0.6 is 0 Å². The molecule has 2 N–H and O–H groups in total. The minimum absolute atomic E-state index is 0.0461. The average Bonchev–Trinajstić information content (AvgIpc) is 2.66. The van der Waals surface area contributed by atoms with Crippen molar-refractivity contribution in [3.63, 3.8) is 0 Å². The van der Waals surface area contributed by atoms with Crippen molar-refractivity contribution < 1.29 is 14.7 Å². The predicted molar refractivity (Wildman–Crippen MR) is 102 cm³/mol. The number of carbonyl (C=O) groups excluding carboxylic acids is 2. The first kappa shape index (κ1) is 20.2. The summed E-state index contributed by atoms with van der Waals surface area (Å²) in [7, 11) is 0. The van der Waals surface area contributed by atoms with Gasteiger partial charge < -0.3 is 20.2 Å². The molecular formula is C20H31N3O3. The van der Waals surface area contributed by atoms with Crippen molar-refractivity contribution in [1.29, 1.82) is 0 Å². The molecule has 0 spiro atoms. The first-order valence-corrected chi connectivity index (χ1v) is 9.55. The molecule has 0 unspecified atom stereocenters. The summed E-state index contributed by atoms with van der Waals surface area (Å²) in [6.07, 6.45) is 2.98. The minimum atomic E-state index is -0.192. The van der Waals surface area contributed by atoms with Crippen LogP contribution in [0.15, 0.2) is 30.3 Å². The summed E-state index contributed by atoms with van der Waals surface area (Å²) in [4.78, 5) is 28.3. The normalized spacial score (nSPS) is 14.9. The van der Waals surface area contributed by atoms with Gasteiger partial charge in [-0.15, -0.1) is 0 Å². The molecule has 0 radical (unpaired) electrons. The maximum absolute atomic E-state index is 12.5. The van der Waals surface area contributed by atoms with Crippen molar-refractivity contribution in [2.45, 2.75) is 39.2 Å². The summed E-state index contributed by atoms with van der Waals surface area (Å²) in [5.74, 6) is 0.805. The Balaban J connectivity index is 1.77. The quantitative estimate of drug-likeness (QED) is 0.746. The Kier molecular flexibility index (Phi) is 8.41. The lowest BCUT2D eigenvalue weighted by molar-refractivity contribution is -0.132. The largest absolute Gasteiger partial charge is 0.396 e. The van der Waals surface area contributed by atoms with Gasteiger partial charge >= 0.3 is 6.03 Å². The van der Waals surface area contributed by atoms with Crippen LogP contribution in [-0.2, 0) is 11.3 Å². The van der Waals surface area contributed by atoms with E-state index in [4.69, 9.17) is 5.11 Å². The van der Waals surface area contributed by atoms with Gasteiger partial charge in [0.15, 0.2) is 0 Å². The summed E-state index contributed by atoms with van der Waals surface area (Å²) in [5, 5.41) is 11.9. The molecule has 6 heteroatoms. The number of benzene rings is 1. The highest BCUT2D eigenvalue weighted by molar-refractivity contribution is 5.78. The molecule has 26 heavy (non-hydrogen) atoms. The van der Waals surface area contributed by atoms with E-state index in [0.29, 0.717) is 38.4 Å². The zero-order chi connectivity index (χ0) is 18.8. The molecule has 144 valence electrons. The van der Waals surface area contributed by atoms with Crippen molar-refractivity contribution in [2.75, 3.05) is 32.8 Å². The van der Waals surface area contributed by atoms with Gasteiger partial charge in [-0.3, -0.25) is 4.79 Å². The van der Waals surface area contributed by atoms with Crippen LogP contribution in [0.1, 0.15) is 38.2 Å². The van der Waals surface area contributed by atoms with Gasteiger partial charge in [0.05, 0.1) is 0 Å². The Labute approximate surface area is 156 Å². The van der Waals surface area contributed by atoms with Crippen LogP contribution in [-0.4, -0.2) is 59.6 Å². The number of hydrogen-bond donors (Lipinski definition) is 2. The van der Waals surface area contributed by atoms with Gasteiger partial charge in [0, 0.05) is 45.8 Å². The number of piperidine rings is 1. The van der Waals surface area contributed by atoms with Crippen LogP contribution in [0.4, 0.5) is 4.79 Å². The lowest BCUT2D eigenvalue weighted by Crippen LogP contribution is -2.43. The van der Waals surface area contributed by atoms with Crippen molar-refractivity contribution >= 4 is 11.9 Å². The maximum Gasteiger partial charge on any atom is 0.317 e. The van der Waals surface area contributed by atoms with Crippen LogP contribution in [0.2, 0.25) is 0 Å². The zero-order valence-corrected chi connectivity index (χ0v) is 15.7. The number of hydrogen-bond acceptors (Lipinski definition) is 3. The Morgan fingerprint density at radius 2 is 1.92 bits per heavy atom. The zero-order valence-electron chi connectivity index (χ0n) is 15.7. The summed E-state index contributed by atoms with van der Waals surface area (Å²) < 4.78 is 0. The number of urea groups is 1. The van der Waals surface area contributed by atoms with Gasteiger partial charge in [-0.2, -0.15) is 0 Å². The van der Waals surface area contributed by atoms with E-state index in [1.807, 2.05) is 35.2 Å². The van der Waals surface area contributed by atoms with Crippen LogP contribution in [0.25, 0.3) is 0 Å². The SMILES string of the molecule is CC1CCN(C(=O)CCNC(=O)N(CCCO)Cc2ccccc2)CC1. The fourth-order valence-corrected chi connectivity index (χ4v) is 3.12. The molecule has 0 aliphatic carbocycles. The van der Waals surface area contributed by atoms with Crippen LogP contribution in [0.3, 0.4) is 0 Å². The molecule has 0 saturated carbocycles. The van der Waals surface area contributed by atoms with Gasteiger partial charge in [0.25, 0.3) is 0 Å². The molecule has 1 aliphatic rings. The number of aliphatic hydroxyl groups excluding tert-OH is 1. The lowest BCUT2D eigenvalue weighted by atomic mass is 9.99. The van der Waals surface area contributed by atoms with Gasteiger partial charge in [-0.05, 0) is 30.7 Å². The minimum Gasteiger partial charge on any atom is -0.396 e. The number of aliphatic hydroxyl groups is 1. The van der Waals surface area contributed by atoms with E-state index >= 15 is 0 Å². The summed E-state index contributed by atoms with van der Waals surface area (Å²) in [5.41, 5.74) is 1.04. The second-order valence-corrected chi connectivity index (χ2v) is 7.03. The van der Waals surface area contributed by atoms with Gasteiger partial charge in [-0.25, -0.2) is 4.79 Å². The number of rotatable bonds is 8. The summed E-state index contributed by atoms with van der Waals surface area (Å²) >= 11 is 0. The van der Waals surface area contributed by atoms with E-state index < -0.39 is 0 Å². The van der Waals surface area contributed by atoms with E-state index in [1.54, 1.807) is 4.90 Å². The molecule has 0 atom stereocenters. The molecule has 1 aromatic rings. The lowest BCUT2D eigenvalue weighted by Gasteiger charge is -2.30. The van der Waals surface area contributed by atoms with Crippen molar-refractivity contribution in [1.82, 2.24) is 15.1 Å². The summed E-state index contributed by atoms with van der Waals surface area (Å²) in [6, 6.07) is 9.57. The molecule has 3 amide bonds. The Hall–Kier alpha value is -2.08. The van der Waals surface area contributed by atoms with E-state index in [0.717, 1.165) is 31.5 Å². The first-order chi connectivity index (χ1) is 12.6. The van der Waals surface area contributed by atoms with Crippen molar-refractivity contribution in [3.8, 4) is 0 Å². The summed E-state index contributed by atoms with van der Waals surface area (Å²) in [6.45, 7) is 5.23. The fraction of sp³-hybridized carbons (Fsp3) is 0.600. The maximum atomic E-state index is 12.5. The van der Waals surface area contributed by atoms with Crippen molar-refractivity contribution in [2.24, 2.45) is 5.92 Å². The molecule has 6 nitrogen and oxygen atoms in total. The molecule has 0 bridgehead atoms.